The predicted molar refractivity (Wildman–Crippen MR) is 100 cm³/mol. The normalized spacial score (nSPS) is 20.3. The average molecular weight is 476 g/mol. The first kappa shape index (κ1) is 27.6. The molecule has 1 aromatic rings. The summed E-state index contributed by atoms with van der Waals surface area (Å²) < 4.78 is 0. The van der Waals surface area contributed by atoms with Crippen molar-refractivity contribution in [2.75, 3.05) is 18.6 Å². The number of nitrogens with two attached hydrogens (primary N) is 1. The summed E-state index contributed by atoms with van der Waals surface area (Å²) >= 11 is 8.21. The number of hydrogen-bond acceptors (Lipinski definition) is 10. The smallest absolute Gasteiger partial charge is 0.543 e. The van der Waals surface area contributed by atoms with Gasteiger partial charge in [-0.2, -0.15) is 0 Å². The number of anilines is 1. The number of fused-ring (bicyclic) bond motifs is 1. The molecule has 1 saturated heterocycles. The zero-order valence-corrected chi connectivity index (χ0v) is 19.5. The summed E-state index contributed by atoms with van der Waals surface area (Å²) in [6.45, 7) is 0. The van der Waals surface area contributed by atoms with Gasteiger partial charge in [0.05, 0.1) is 16.7 Å². The molecule has 16 heteroatoms. The number of carboxylic acids is 1. The topological polar surface area (TPSA) is 213 Å². The van der Waals surface area contributed by atoms with E-state index in [1.807, 2.05) is 0 Å². The summed E-state index contributed by atoms with van der Waals surface area (Å²) in [6, 6.07) is -0.940. The summed E-state index contributed by atoms with van der Waals surface area (Å²) in [5, 5.41) is 18.5. The Morgan fingerprint density at radius 3 is 2.66 bits per heavy atom. The predicted octanol–water partition coefficient (Wildman–Crippen LogP) is -5.97. The molecule has 12 nitrogen and oxygen atoms in total. The van der Waals surface area contributed by atoms with Gasteiger partial charge in [-0.05, 0) is 0 Å². The van der Waals surface area contributed by atoms with Crippen molar-refractivity contribution in [3.05, 3.63) is 21.8 Å². The van der Waals surface area contributed by atoms with Crippen LogP contribution in [0.1, 0.15) is 5.69 Å². The fraction of sp³-hybridized carbons (Fsp3) is 0.308. The van der Waals surface area contributed by atoms with Crippen LogP contribution in [-0.4, -0.2) is 68.6 Å². The van der Waals surface area contributed by atoms with Gasteiger partial charge in [-0.3, -0.25) is 14.5 Å². The van der Waals surface area contributed by atoms with E-state index < -0.39 is 29.2 Å². The quantitative estimate of drug-likeness (QED) is 0.180. The molecule has 2 aliphatic heterocycles. The molecular weight excluding hydrogens is 461 g/mol. The number of carbonyl (C=O) groups is 3. The maximum absolute atomic E-state index is 12.5. The maximum atomic E-state index is 12.5. The molecule has 154 valence electrons. The van der Waals surface area contributed by atoms with E-state index in [0.717, 1.165) is 16.2 Å². The van der Waals surface area contributed by atoms with Crippen LogP contribution in [0, 0.1) is 0 Å². The van der Waals surface area contributed by atoms with E-state index in [-0.39, 0.29) is 73.5 Å². The van der Waals surface area contributed by atoms with Gasteiger partial charge < -0.3 is 36.7 Å². The molecule has 2 aliphatic rings. The Bertz CT molecular complexity index is 864. The Labute approximate surface area is 199 Å². The van der Waals surface area contributed by atoms with Crippen molar-refractivity contribution in [2.45, 2.75) is 11.4 Å². The van der Waals surface area contributed by atoms with Crippen molar-refractivity contribution in [3.63, 3.8) is 0 Å². The third kappa shape index (κ3) is 5.21. The van der Waals surface area contributed by atoms with E-state index in [0.29, 0.717) is 0 Å². The molecule has 0 bridgehead atoms. The maximum Gasteiger partial charge on any atom is 1.00 e. The number of nitrogen functional groups attached to an aromatic ring is 1. The van der Waals surface area contributed by atoms with Crippen LogP contribution in [-0.2, 0) is 19.2 Å². The van der Waals surface area contributed by atoms with Gasteiger partial charge >= 0.3 is 29.6 Å². The van der Waals surface area contributed by atoms with Crippen LogP contribution in [0.25, 0.3) is 0 Å². The van der Waals surface area contributed by atoms with Gasteiger partial charge in [0.2, 0.25) is 0 Å². The molecule has 0 aromatic carbocycles. The number of aromatic nitrogens is 1. The average Bonchev–Trinajstić information content (AvgIpc) is 3.02. The number of oxime groups is 1. The second-order valence-corrected chi connectivity index (χ2v) is 7.55. The molecule has 3 heterocycles. The van der Waals surface area contributed by atoms with Gasteiger partial charge in [0.25, 0.3) is 11.8 Å². The summed E-state index contributed by atoms with van der Waals surface area (Å²) in [4.78, 5) is 45.7. The van der Waals surface area contributed by atoms with Crippen molar-refractivity contribution >= 4 is 63.3 Å². The van der Waals surface area contributed by atoms with Gasteiger partial charge in [-0.15, -0.1) is 23.1 Å². The molecule has 2 amide bonds. The number of amides is 2. The van der Waals surface area contributed by atoms with E-state index in [4.69, 9.17) is 17.3 Å². The van der Waals surface area contributed by atoms with E-state index in [9.17, 15) is 19.5 Å². The molecule has 0 radical (unpaired) electrons. The Balaban J connectivity index is 0.00000261. The van der Waals surface area contributed by atoms with Gasteiger partial charge in [0, 0.05) is 11.1 Å². The summed E-state index contributed by atoms with van der Waals surface area (Å²) in [6.07, 6.45) is 0. The Hall–Kier alpha value is -1.39. The second-order valence-electron chi connectivity index (χ2n) is 5.10. The first-order valence-corrected chi connectivity index (χ1v) is 9.33. The number of β-lactam (4-membered cyclic amide) rings is 1. The number of thiazole rings is 1. The van der Waals surface area contributed by atoms with Crippen molar-refractivity contribution in [1.82, 2.24) is 15.2 Å². The molecule has 2 atom stereocenters. The monoisotopic (exact) mass is 475 g/mol. The zero-order valence-electron chi connectivity index (χ0n) is 15.1. The molecule has 29 heavy (non-hydrogen) atoms. The molecule has 3 rings (SSSR count). The van der Waals surface area contributed by atoms with Crippen molar-refractivity contribution in [2.24, 2.45) is 5.16 Å². The molecule has 1 unspecified atom stereocenters. The van der Waals surface area contributed by atoms with E-state index in [2.05, 4.69) is 20.3 Å². The molecule has 0 saturated carbocycles. The largest absolute Gasteiger partial charge is 1.00 e. The number of nitrogens with zero attached hydrogens (tertiary/aromatic N) is 3. The molecule has 0 spiro atoms. The van der Waals surface area contributed by atoms with Crippen LogP contribution >= 0.6 is 34.7 Å². The van der Waals surface area contributed by atoms with Crippen LogP contribution < -0.4 is 45.7 Å². The SMILES string of the molecule is CON=C(C(=O)NC1C(=O)N2C(C(=O)[O-])=C(Cl)CS[C@@H]12)c1csc(N)n1.O.O.[Na+]. The first-order valence-electron chi connectivity index (χ1n) is 7.03. The Morgan fingerprint density at radius 1 is 1.48 bits per heavy atom. The molecule has 7 N–H and O–H groups in total. The number of hydrogen-bond donors (Lipinski definition) is 2. The van der Waals surface area contributed by atoms with Gasteiger partial charge in [0.1, 0.15) is 24.2 Å². The standard InChI is InChI=1S/C13H12ClN5O5S2.Na.2H2O/c1-24-18-6(5-3-26-13(15)16-5)9(20)17-7-10(21)19-8(12(22)23)4(14)2-25-11(7)19;;;/h3,7,11H,2H2,1H3,(H2,15,16)(H,17,20)(H,22,23);;2*1H2/q;+1;;/p-1/t7?,11-;;;/m0.../s1. The van der Waals surface area contributed by atoms with Crippen molar-refractivity contribution in [3.8, 4) is 0 Å². The summed E-state index contributed by atoms with van der Waals surface area (Å²) in [7, 11) is 1.26. The third-order valence-corrected chi connectivity index (χ3v) is 5.99. The van der Waals surface area contributed by atoms with Gasteiger partial charge in [-0.25, -0.2) is 4.98 Å². The number of halogens is 1. The van der Waals surface area contributed by atoms with Crippen LogP contribution in [0.2, 0.25) is 0 Å². The second kappa shape index (κ2) is 11.1. The molecule has 1 aromatic heterocycles. The minimum Gasteiger partial charge on any atom is -0.543 e. The molecule has 0 aliphatic carbocycles. The number of rotatable bonds is 5. The minimum atomic E-state index is -1.54. The van der Waals surface area contributed by atoms with E-state index in [1.54, 1.807) is 0 Å². The number of thioether (sulfide) groups is 1. The summed E-state index contributed by atoms with van der Waals surface area (Å²) in [5.41, 5.74) is 5.23. The third-order valence-electron chi connectivity index (χ3n) is 3.56. The summed E-state index contributed by atoms with van der Waals surface area (Å²) in [5.74, 6) is -2.67. The van der Waals surface area contributed by atoms with Gasteiger partial charge in [0.15, 0.2) is 10.8 Å². The van der Waals surface area contributed by atoms with Crippen molar-refractivity contribution in [1.29, 1.82) is 0 Å². The van der Waals surface area contributed by atoms with Crippen LogP contribution in [0.3, 0.4) is 0 Å². The zero-order chi connectivity index (χ0) is 19.0. The number of carboxylic acid groups (broad SMARTS) is 1. The minimum absolute atomic E-state index is 0. The number of aliphatic carboxylic acids is 1. The van der Waals surface area contributed by atoms with Crippen molar-refractivity contribution < 1.29 is 64.8 Å². The fourth-order valence-electron chi connectivity index (χ4n) is 2.47. The Kier molecular flexibility index (Phi) is 10.6. The first-order chi connectivity index (χ1) is 12.3. The number of nitrogens with one attached hydrogen (secondary N) is 1. The van der Waals surface area contributed by atoms with Gasteiger partial charge in [-0.1, -0.05) is 16.8 Å². The number of carbonyl (C=O) groups excluding carboxylic acids is 3. The Morgan fingerprint density at radius 2 is 2.14 bits per heavy atom. The van der Waals surface area contributed by atoms with Crippen LogP contribution in [0.5, 0.6) is 0 Å². The van der Waals surface area contributed by atoms with E-state index >= 15 is 0 Å². The van der Waals surface area contributed by atoms with E-state index in [1.165, 1.54) is 24.3 Å². The fourth-order valence-corrected chi connectivity index (χ4v) is 4.57. The molecular formula is C13H15ClN5NaO7S2. The molecule has 1 fully saturated rings. The van der Waals surface area contributed by atoms with Crippen LogP contribution in [0.15, 0.2) is 21.3 Å². The van der Waals surface area contributed by atoms with Crippen LogP contribution in [0.4, 0.5) is 5.13 Å².